The predicted octanol–water partition coefficient (Wildman–Crippen LogP) is 3.90. The maximum Gasteiger partial charge on any atom is 0.162 e. The zero-order valence-corrected chi connectivity index (χ0v) is 14.6. The van der Waals surface area contributed by atoms with Crippen LogP contribution in [0.3, 0.4) is 0 Å². The lowest BCUT2D eigenvalue weighted by molar-refractivity contribution is -0.149. The molecule has 0 aromatic carbocycles. The zero-order chi connectivity index (χ0) is 17.0. The first-order valence-corrected chi connectivity index (χ1v) is 8.51. The summed E-state index contributed by atoms with van der Waals surface area (Å²) in [7, 11) is 0. The fraction of sp³-hybridized carbons (Fsp3) is 0.600. The van der Waals surface area contributed by atoms with Gasteiger partial charge in [0.15, 0.2) is 6.29 Å². The molecule has 0 unspecified atom stereocenters. The highest BCUT2D eigenvalue weighted by Gasteiger charge is 2.37. The second-order valence-corrected chi connectivity index (χ2v) is 7.37. The minimum Gasteiger partial charge on any atom is -0.386 e. The lowest BCUT2D eigenvalue weighted by Crippen LogP contribution is -2.39. The molecule has 23 heavy (non-hydrogen) atoms. The Kier molecular flexibility index (Phi) is 6.01. The second kappa shape index (κ2) is 7.61. The molecule has 1 heterocycles. The van der Waals surface area contributed by atoms with Crippen LogP contribution < -0.4 is 0 Å². The minimum atomic E-state index is -0.827. The summed E-state index contributed by atoms with van der Waals surface area (Å²) in [6, 6.07) is 0. The molecule has 3 atom stereocenters. The fourth-order valence-electron chi connectivity index (χ4n) is 3.41. The summed E-state index contributed by atoms with van der Waals surface area (Å²) >= 11 is 0. The third-order valence-corrected chi connectivity index (χ3v) is 4.73. The quantitative estimate of drug-likeness (QED) is 0.759. The molecule has 0 aromatic heterocycles. The van der Waals surface area contributed by atoms with Gasteiger partial charge in [0.25, 0.3) is 0 Å². The van der Waals surface area contributed by atoms with Gasteiger partial charge in [-0.1, -0.05) is 42.0 Å². The summed E-state index contributed by atoms with van der Waals surface area (Å²) in [4.78, 5) is 0. The molecule has 0 aromatic rings. The molecular formula is C20H30O3. The second-order valence-electron chi connectivity index (χ2n) is 7.37. The minimum absolute atomic E-state index is 0.0372. The molecule has 1 fully saturated rings. The van der Waals surface area contributed by atoms with Crippen LogP contribution in [0, 0.1) is 11.8 Å². The molecule has 1 aliphatic heterocycles. The molecule has 2 N–H and O–H groups in total. The molecule has 0 spiro atoms. The van der Waals surface area contributed by atoms with Crippen LogP contribution >= 0.6 is 0 Å². The molecule has 2 rings (SSSR count). The molecule has 1 saturated heterocycles. The topological polar surface area (TPSA) is 49.7 Å². The van der Waals surface area contributed by atoms with E-state index in [9.17, 15) is 10.2 Å². The zero-order valence-electron chi connectivity index (χ0n) is 14.6. The summed E-state index contributed by atoms with van der Waals surface area (Å²) < 4.78 is 5.59. The summed E-state index contributed by atoms with van der Waals surface area (Å²) in [6.07, 6.45) is 11.1. The Balaban J connectivity index is 2.26. The number of allylic oxidation sites excluding steroid dienone is 4. The fourth-order valence-corrected chi connectivity index (χ4v) is 3.41. The van der Waals surface area contributed by atoms with E-state index in [1.807, 2.05) is 12.2 Å². The van der Waals surface area contributed by atoms with Gasteiger partial charge in [-0.3, -0.25) is 0 Å². The SMILES string of the molecule is C=C1CC/C=C(\C)CC[C@H]2/C(=C/C=C/C(C)(C)O)CO[C@@H](O)[C@H]12. The van der Waals surface area contributed by atoms with Crippen molar-refractivity contribution in [2.75, 3.05) is 6.61 Å². The third kappa shape index (κ3) is 5.17. The van der Waals surface area contributed by atoms with E-state index in [4.69, 9.17) is 4.74 Å². The summed E-state index contributed by atoms with van der Waals surface area (Å²) in [5.41, 5.74) is 2.83. The van der Waals surface area contributed by atoms with Crippen LogP contribution in [0.25, 0.3) is 0 Å². The van der Waals surface area contributed by atoms with Crippen molar-refractivity contribution in [1.29, 1.82) is 0 Å². The maximum absolute atomic E-state index is 10.3. The number of ether oxygens (including phenoxy) is 1. The molecule has 3 nitrogen and oxygen atoms in total. The maximum atomic E-state index is 10.3. The van der Waals surface area contributed by atoms with E-state index in [0.29, 0.717) is 6.61 Å². The van der Waals surface area contributed by atoms with Crippen LogP contribution in [0.4, 0.5) is 0 Å². The highest BCUT2D eigenvalue weighted by molar-refractivity contribution is 5.25. The van der Waals surface area contributed by atoms with Gasteiger partial charge < -0.3 is 14.9 Å². The monoisotopic (exact) mass is 318 g/mol. The molecule has 3 heteroatoms. The number of hydrogen-bond acceptors (Lipinski definition) is 3. The molecule has 1 aliphatic carbocycles. The van der Waals surface area contributed by atoms with Crippen molar-refractivity contribution < 1.29 is 14.9 Å². The van der Waals surface area contributed by atoms with Crippen molar-refractivity contribution in [3.63, 3.8) is 0 Å². The lowest BCUT2D eigenvalue weighted by atomic mass is 9.75. The Morgan fingerprint density at radius 1 is 1.35 bits per heavy atom. The van der Waals surface area contributed by atoms with Crippen molar-refractivity contribution in [3.8, 4) is 0 Å². The van der Waals surface area contributed by atoms with E-state index < -0.39 is 11.9 Å². The van der Waals surface area contributed by atoms with Crippen LogP contribution in [0.2, 0.25) is 0 Å². The van der Waals surface area contributed by atoms with E-state index in [1.54, 1.807) is 19.9 Å². The van der Waals surface area contributed by atoms with Crippen LogP contribution in [-0.4, -0.2) is 28.7 Å². The molecule has 128 valence electrons. The molecule has 0 saturated carbocycles. The first-order valence-electron chi connectivity index (χ1n) is 8.51. The van der Waals surface area contributed by atoms with Crippen molar-refractivity contribution in [3.05, 3.63) is 47.6 Å². The van der Waals surface area contributed by atoms with Crippen LogP contribution in [0.15, 0.2) is 47.6 Å². The van der Waals surface area contributed by atoms with Gasteiger partial charge in [-0.05, 0) is 57.9 Å². The summed E-state index contributed by atoms with van der Waals surface area (Å²) in [6.45, 7) is 10.3. The van der Waals surface area contributed by atoms with Crippen LogP contribution in [-0.2, 0) is 4.74 Å². The van der Waals surface area contributed by atoms with Gasteiger partial charge in [-0.15, -0.1) is 0 Å². The van der Waals surface area contributed by atoms with Crippen molar-refractivity contribution in [1.82, 2.24) is 0 Å². The number of fused-ring (bicyclic) bond motifs is 1. The van der Waals surface area contributed by atoms with Gasteiger partial charge in [-0.25, -0.2) is 0 Å². The first-order chi connectivity index (χ1) is 10.8. The van der Waals surface area contributed by atoms with Crippen LogP contribution in [0.5, 0.6) is 0 Å². The summed E-state index contributed by atoms with van der Waals surface area (Å²) in [5.74, 6) is 0.212. The third-order valence-electron chi connectivity index (χ3n) is 4.73. The van der Waals surface area contributed by atoms with E-state index in [-0.39, 0.29) is 11.8 Å². The molecule has 0 bridgehead atoms. The number of aliphatic hydroxyl groups excluding tert-OH is 1. The Morgan fingerprint density at radius 2 is 2.09 bits per heavy atom. The van der Waals surface area contributed by atoms with E-state index >= 15 is 0 Å². The number of aliphatic hydroxyl groups is 2. The number of rotatable bonds is 2. The Morgan fingerprint density at radius 3 is 2.78 bits per heavy atom. The first kappa shape index (κ1) is 18.2. The van der Waals surface area contributed by atoms with Crippen molar-refractivity contribution in [2.45, 2.75) is 58.3 Å². The van der Waals surface area contributed by atoms with Gasteiger partial charge in [0.1, 0.15) is 0 Å². The van der Waals surface area contributed by atoms with Crippen LogP contribution in [0.1, 0.15) is 46.5 Å². The predicted molar refractivity (Wildman–Crippen MR) is 93.8 cm³/mol. The molecule has 2 aliphatic rings. The van der Waals surface area contributed by atoms with Crippen molar-refractivity contribution >= 4 is 0 Å². The molecule has 0 amide bonds. The smallest absolute Gasteiger partial charge is 0.162 e. The Hall–Kier alpha value is -1.16. The highest BCUT2D eigenvalue weighted by Crippen LogP contribution is 2.40. The highest BCUT2D eigenvalue weighted by atomic mass is 16.6. The summed E-state index contributed by atoms with van der Waals surface area (Å²) in [5, 5.41) is 20.1. The van der Waals surface area contributed by atoms with Gasteiger partial charge in [0, 0.05) is 5.92 Å². The average molecular weight is 318 g/mol. The normalized spacial score (nSPS) is 34.5. The molecule has 0 radical (unpaired) electrons. The van der Waals surface area contributed by atoms with Gasteiger partial charge in [0.2, 0.25) is 0 Å². The van der Waals surface area contributed by atoms with Gasteiger partial charge in [-0.2, -0.15) is 0 Å². The van der Waals surface area contributed by atoms with Crippen molar-refractivity contribution in [2.24, 2.45) is 11.8 Å². The Labute approximate surface area is 140 Å². The Bertz CT molecular complexity index is 519. The van der Waals surface area contributed by atoms with E-state index in [1.165, 1.54) is 11.1 Å². The van der Waals surface area contributed by atoms with E-state index in [0.717, 1.165) is 31.3 Å². The lowest BCUT2D eigenvalue weighted by Gasteiger charge is -2.38. The largest absolute Gasteiger partial charge is 0.386 e. The molecular weight excluding hydrogens is 288 g/mol. The average Bonchev–Trinajstić information content (AvgIpc) is 2.51. The number of hydrogen-bond donors (Lipinski definition) is 2. The van der Waals surface area contributed by atoms with Gasteiger partial charge >= 0.3 is 0 Å². The van der Waals surface area contributed by atoms with Gasteiger partial charge in [0.05, 0.1) is 12.2 Å². The van der Waals surface area contributed by atoms with E-state index in [2.05, 4.69) is 19.6 Å². The standard InChI is InChI=1S/C20H30O3/c1-14-7-5-8-15(2)18-17(11-10-14)16(13-23-19(18)21)9-6-12-20(3,4)22/h6-7,9,12,17-19,21-22H,2,5,8,10-11,13H2,1,3-4H3/b12-6+,14-7+,16-9+/t17-,18+,19+/m0/s1.